The lowest BCUT2D eigenvalue weighted by atomic mass is 10.1. The molecule has 1 aliphatic heterocycles. The monoisotopic (exact) mass is 138 g/mol. The average Bonchev–Trinajstić information content (AvgIpc) is 1.88. The van der Waals surface area contributed by atoms with Crippen LogP contribution >= 0.6 is 0 Å². The smallest absolute Gasteiger partial charge is 0.0796 e. The van der Waals surface area contributed by atoms with Crippen LogP contribution in [-0.4, -0.2) is 12.7 Å². The number of hydrogen-bond donors (Lipinski definition) is 0. The summed E-state index contributed by atoms with van der Waals surface area (Å²) in [5, 5.41) is 0. The van der Waals surface area contributed by atoms with Crippen molar-refractivity contribution in [1.82, 2.24) is 0 Å². The highest BCUT2D eigenvalue weighted by Gasteiger charge is 2.04. The molecule has 1 rings (SSSR count). The molecule has 10 heavy (non-hydrogen) atoms. The first-order valence-corrected chi connectivity index (χ1v) is 3.70. The largest absolute Gasteiger partial charge is 0.370 e. The van der Waals surface area contributed by atoms with Gasteiger partial charge in [-0.25, -0.2) is 0 Å². The minimum atomic E-state index is 0.329. The fourth-order valence-corrected chi connectivity index (χ4v) is 1.03. The van der Waals surface area contributed by atoms with Gasteiger partial charge in [-0.3, -0.25) is 0 Å². The van der Waals surface area contributed by atoms with Crippen molar-refractivity contribution < 1.29 is 4.74 Å². The molecular weight excluding hydrogens is 124 g/mol. The molecule has 0 aliphatic carbocycles. The van der Waals surface area contributed by atoms with E-state index < -0.39 is 0 Å². The van der Waals surface area contributed by atoms with Crippen molar-refractivity contribution in [1.29, 1.82) is 0 Å². The van der Waals surface area contributed by atoms with Crippen molar-refractivity contribution in [3.8, 4) is 0 Å². The predicted molar refractivity (Wildman–Crippen MR) is 42.9 cm³/mol. The topological polar surface area (TPSA) is 9.23 Å². The van der Waals surface area contributed by atoms with E-state index in [-0.39, 0.29) is 0 Å². The van der Waals surface area contributed by atoms with Gasteiger partial charge < -0.3 is 4.74 Å². The highest BCUT2D eigenvalue weighted by Crippen LogP contribution is 2.09. The Labute approximate surface area is 62.4 Å². The van der Waals surface area contributed by atoms with Crippen LogP contribution in [0.3, 0.4) is 0 Å². The van der Waals surface area contributed by atoms with Crippen LogP contribution in [0, 0.1) is 0 Å². The molecule has 1 nitrogen and oxygen atoms in total. The zero-order chi connectivity index (χ0) is 7.40. The maximum absolute atomic E-state index is 5.43. The molecule has 1 aliphatic rings. The fourth-order valence-electron chi connectivity index (χ4n) is 1.03. The zero-order valence-corrected chi connectivity index (χ0v) is 6.63. The van der Waals surface area contributed by atoms with Crippen LogP contribution in [0.25, 0.3) is 0 Å². The van der Waals surface area contributed by atoms with Crippen LogP contribution in [0.2, 0.25) is 0 Å². The molecule has 0 fully saturated rings. The van der Waals surface area contributed by atoms with E-state index in [0.29, 0.717) is 6.10 Å². The normalized spacial score (nSPS) is 24.4. The van der Waals surface area contributed by atoms with Crippen LogP contribution in [0.15, 0.2) is 23.8 Å². The molecule has 0 N–H and O–H groups in total. The van der Waals surface area contributed by atoms with Crippen LogP contribution in [-0.2, 0) is 4.74 Å². The molecule has 1 heterocycles. The molecule has 0 saturated heterocycles. The number of rotatable bonds is 1. The van der Waals surface area contributed by atoms with Gasteiger partial charge in [0.15, 0.2) is 0 Å². The Morgan fingerprint density at radius 3 is 2.80 bits per heavy atom. The predicted octanol–water partition coefficient (Wildman–Crippen LogP) is 2.30. The molecule has 0 radical (unpaired) electrons. The van der Waals surface area contributed by atoms with Gasteiger partial charge in [-0.2, -0.15) is 0 Å². The first kappa shape index (κ1) is 7.55. The first-order chi connectivity index (χ1) is 4.79. The van der Waals surface area contributed by atoms with Crippen molar-refractivity contribution in [2.45, 2.75) is 26.4 Å². The lowest BCUT2D eigenvalue weighted by molar-refractivity contribution is 0.102. The average molecular weight is 138 g/mol. The minimum absolute atomic E-state index is 0.329. The van der Waals surface area contributed by atoms with E-state index in [4.69, 9.17) is 4.74 Å². The van der Waals surface area contributed by atoms with Crippen molar-refractivity contribution in [3.63, 3.8) is 0 Å². The quantitative estimate of drug-likeness (QED) is 0.505. The second-order valence-electron chi connectivity index (χ2n) is 2.82. The molecule has 0 bridgehead atoms. The molecule has 0 unspecified atom stereocenters. The van der Waals surface area contributed by atoms with Gasteiger partial charge in [0, 0.05) is 0 Å². The highest BCUT2D eigenvalue weighted by molar-refractivity contribution is 5.03. The molecule has 0 aromatic carbocycles. The van der Waals surface area contributed by atoms with Crippen LogP contribution in [0.5, 0.6) is 0 Å². The molecule has 0 saturated carbocycles. The van der Waals surface area contributed by atoms with Crippen molar-refractivity contribution in [3.05, 3.63) is 23.8 Å². The molecule has 1 heteroatoms. The zero-order valence-electron chi connectivity index (χ0n) is 6.63. The molecule has 0 spiro atoms. The molecule has 56 valence electrons. The SMILES string of the molecule is CC(C)=C[C@H]1CC=CCO1. The van der Waals surface area contributed by atoms with Crippen molar-refractivity contribution >= 4 is 0 Å². The van der Waals surface area contributed by atoms with E-state index in [1.165, 1.54) is 5.57 Å². The van der Waals surface area contributed by atoms with Gasteiger partial charge in [-0.15, -0.1) is 0 Å². The van der Waals surface area contributed by atoms with E-state index >= 15 is 0 Å². The summed E-state index contributed by atoms with van der Waals surface area (Å²) >= 11 is 0. The van der Waals surface area contributed by atoms with Crippen LogP contribution < -0.4 is 0 Å². The maximum atomic E-state index is 5.43. The highest BCUT2D eigenvalue weighted by atomic mass is 16.5. The Kier molecular flexibility index (Phi) is 2.69. The van der Waals surface area contributed by atoms with Gasteiger partial charge in [0.25, 0.3) is 0 Å². The summed E-state index contributed by atoms with van der Waals surface area (Å²) in [5.74, 6) is 0. The van der Waals surface area contributed by atoms with Crippen LogP contribution in [0.1, 0.15) is 20.3 Å². The van der Waals surface area contributed by atoms with E-state index in [9.17, 15) is 0 Å². The van der Waals surface area contributed by atoms with Crippen LogP contribution in [0.4, 0.5) is 0 Å². The third-order valence-corrected chi connectivity index (χ3v) is 1.46. The minimum Gasteiger partial charge on any atom is -0.370 e. The first-order valence-electron chi connectivity index (χ1n) is 3.70. The van der Waals surface area contributed by atoms with Gasteiger partial charge in [0.2, 0.25) is 0 Å². The third kappa shape index (κ3) is 2.36. The van der Waals surface area contributed by atoms with Gasteiger partial charge in [-0.05, 0) is 20.3 Å². The Morgan fingerprint density at radius 1 is 1.50 bits per heavy atom. The van der Waals surface area contributed by atoms with E-state index in [0.717, 1.165) is 13.0 Å². The molecule has 1 atom stereocenters. The van der Waals surface area contributed by atoms with Crippen molar-refractivity contribution in [2.75, 3.05) is 6.61 Å². The summed E-state index contributed by atoms with van der Waals surface area (Å²) in [4.78, 5) is 0. The van der Waals surface area contributed by atoms with E-state index in [1.807, 2.05) is 0 Å². The molecular formula is C9H14O. The Hall–Kier alpha value is -0.560. The van der Waals surface area contributed by atoms with Crippen molar-refractivity contribution in [2.24, 2.45) is 0 Å². The van der Waals surface area contributed by atoms with E-state index in [1.54, 1.807) is 0 Å². The lowest BCUT2D eigenvalue weighted by Gasteiger charge is -2.15. The fraction of sp³-hybridized carbons (Fsp3) is 0.556. The number of hydrogen-bond acceptors (Lipinski definition) is 1. The Morgan fingerprint density at radius 2 is 2.30 bits per heavy atom. The second kappa shape index (κ2) is 3.57. The summed E-state index contributed by atoms with van der Waals surface area (Å²) in [6.07, 6.45) is 7.77. The third-order valence-electron chi connectivity index (χ3n) is 1.46. The summed E-state index contributed by atoms with van der Waals surface area (Å²) in [6.45, 7) is 4.97. The van der Waals surface area contributed by atoms with Gasteiger partial charge in [0.1, 0.15) is 0 Å². The summed E-state index contributed by atoms with van der Waals surface area (Å²) < 4.78 is 5.43. The maximum Gasteiger partial charge on any atom is 0.0796 e. The van der Waals surface area contributed by atoms with Gasteiger partial charge in [-0.1, -0.05) is 23.8 Å². The number of allylic oxidation sites excluding steroid dienone is 1. The second-order valence-corrected chi connectivity index (χ2v) is 2.82. The molecule has 0 aromatic heterocycles. The Bertz CT molecular complexity index is 152. The summed E-state index contributed by atoms with van der Waals surface area (Å²) in [5.41, 5.74) is 1.33. The summed E-state index contributed by atoms with van der Waals surface area (Å²) in [7, 11) is 0. The number of ether oxygens (including phenoxy) is 1. The molecule has 0 aromatic rings. The standard InChI is InChI=1S/C9H14O/c1-8(2)7-9-5-3-4-6-10-9/h3-4,7,9H,5-6H2,1-2H3/t9-/m1/s1. The lowest BCUT2D eigenvalue weighted by Crippen LogP contribution is -2.12. The molecule has 0 amide bonds. The van der Waals surface area contributed by atoms with Gasteiger partial charge >= 0.3 is 0 Å². The summed E-state index contributed by atoms with van der Waals surface area (Å²) in [6, 6.07) is 0. The van der Waals surface area contributed by atoms with Gasteiger partial charge in [0.05, 0.1) is 12.7 Å². The Balaban J connectivity index is 2.42. The van der Waals surface area contributed by atoms with E-state index in [2.05, 4.69) is 32.1 Å².